The van der Waals surface area contributed by atoms with Crippen molar-refractivity contribution < 1.29 is 5.11 Å². The summed E-state index contributed by atoms with van der Waals surface area (Å²) in [6, 6.07) is 8.62. The highest BCUT2D eigenvalue weighted by Crippen LogP contribution is 2.20. The Morgan fingerprint density at radius 1 is 1.20 bits per heavy atom. The third-order valence-corrected chi connectivity index (χ3v) is 4.46. The molecule has 15 heavy (non-hydrogen) atoms. The molecule has 1 nitrogen and oxygen atoms in total. The third-order valence-electron chi connectivity index (χ3n) is 2.03. The van der Waals surface area contributed by atoms with E-state index in [9.17, 15) is 0 Å². The maximum absolute atomic E-state index is 8.85. The molecule has 1 atom stereocenters. The van der Waals surface area contributed by atoms with Crippen molar-refractivity contribution in [2.24, 2.45) is 0 Å². The van der Waals surface area contributed by atoms with Crippen LogP contribution in [0.5, 0.6) is 0 Å². The highest BCUT2D eigenvalue weighted by atomic mass is 32.2. The maximum Gasteiger partial charge on any atom is 0.0547 e. The molecule has 1 aromatic carbocycles. The van der Waals surface area contributed by atoms with Gasteiger partial charge in [-0.1, -0.05) is 24.6 Å². The van der Waals surface area contributed by atoms with E-state index in [0.717, 1.165) is 11.5 Å². The summed E-state index contributed by atoms with van der Waals surface area (Å²) in [5, 5.41) is 9.22. The van der Waals surface area contributed by atoms with E-state index in [1.54, 1.807) is 0 Å². The van der Waals surface area contributed by atoms with Crippen LogP contribution in [0.1, 0.15) is 12.5 Å². The Bertz CT molecular complexity index is 271. The molecule has 1 unspecified atom stereocenters. The third kappa shape index (κ3) is 5.50. The van der Waals surface area contributed by atoms with Gasteiger partial charge in [-0.05, 0) is 19.1 Å². The number of rotatable bonds is 6. The standard InChI is InChI=1S/C12H18OS2/c1-10-3-5-12(6-4-10)15-8-7-14-11(2)9-13/h3-6,11,13H,7-9H2,1-2H3. The summed E-state index contributed by atoms with van der Waals surface area (Å²) in [6.45, 7) is 4.44. The zero-order chi connectivity index (χ0) is 11.1. The van der Waals surface area contributed by atoms with Gasteiger partial charge in [0.1, 0.15) is 0 Å². The minimum atomic E-state index is 0.278. The van der Waals surface area contributed by atoms with Gasteiger partial charge in [-0.25, -0.2) is 0 Å². The molecule has 0 saturated heterocycles. The van der Waals surface area contributed by atoms with Gasteiger partial charge in [-0.2, -0.15) is 11.8 Å². The molecule has 0 radical (unpaired) electrons. The van der Waals surface area contributed by atoms with E-state index in [4.69, 9.17) is 5.11 Å². The number of aryl methyl sites for hydroxylation is 1. The first-order valence-electron chi connectivity index (χ1n) is 5.14. The summed E-state index contributed by atoms with van der Waals surface area (Å²) in [4.78, 5) is 1.33. The van der Waals surface area contributed by atoms with Gasteiger partial charge >= 0.3 is 0 Å². The Labute approximate surface area is 101 Å². The second-order valence-corrected chi connectivity index (χ2v) is 6.24. The molecule has 0 aliphatic rings. The Morgan fingerprint density at radius 2 is 1.87 bits per heavy atom. The topological polar surface area (TPSA) is 20.2 Å². The van der Waals surface area contributed by atoms with Crippen LogP contribution < -0.4 is 0 Å². The lowest BCUT2D eigenvalue weighted by Gasteiger charge is -2.06. The molecule has 0 aromatic heterocycles. The normalized spacial score (nSPS) is 12.7. The lowest BCUT2D eigenvalue weighted by molar-refractivity contribution is 0.300. The molecule has 0 aliphatic heterocycles. The summed E-state index contributed by atoms with van der Waals surface area (Å²) in [5.74, 6) is 2.21. The summed E-state index contributed by atoms with van der Waals surface area (Å²) in [5.41, 5.74) is 1.31. The predicted molar refractivity (Wildman–Crippen MR) is 70.9 cm³/mol. The van der Waals surface area contributed by atoms with Crippen LogP contribution in [-0.4, -0.2) is 28.5 Å². The second-order valence-electron chi connectivity index (χ2n) is 3.53. The first-order chi connectivity index (χ1) is 7.22. The number of hydrogen-bond donors (Lipinski definition) is 1. The Kier molecular flexibility index (Phi) is 6.22. The van der Waals surface area contributed by atoms with E-state index in [1.165, 1.54) is 10.5 Å². The molecule has 1 rings (SSSR count). The van der Waals surface area contributed by atoms with E-state index in [-0.39, 0.29) is 6.61 Å². The highest BCUT2D eigenvalue weighted by molar-refractivity contribution is 8.03. The van der Waals surface area contributed by atoms with Crippen LogP contribution in [0.3, 0.4) is 0 Å². The van der Waals surface area contributed by atoms with Crippen LogP contribution in [0.4, 0.5) is 0 Å². The van der Waals surface area contributed by atoms with Crippen molar-refractivity contribution >= 4 is 23.5 Å². The molecule has 0 spiro atoms. The molecule has 0 bridgehead atoms. The van der Waals surface area contributed by atoms with Crippen LogP contribution >= 0.6 is 23.5 Å². The Morgan fingerprint density at radius 3 is 2.47 bits per heavy atom. The molecule has 0 aliphatic carbocycles. The van der Waals surface area contributed by atoms with Gasteiger partial charge in [0.25, 0.3) is 0 Å². The van der Waals surface area contributed by atoms with Crippen molar-refractivity contribution in [2.45, 2.75) is 24.0 Å². The molecule has 84 valence electrons. The van der Waals surface area contributed by atoms with Gasteiger partial charge in [0.2, 0.25) is 0 Å². The average molecular weight is 242 g/mol. The van der Waals surface area contributed by atoms with Gasteiger partial charge in [-0.3, -0.25) is 0 Å². The summed E-state index contributed by atoms with van der Waals surface area (Å²) in [6.07, 6.45) is 0. The molecule has 0 saturated carbocycles. The SMILES string of the molecule is Cc1ccc(SCCSC(C)CO)cc1. The van der Waals surface area contributed by atoms with Crippen molar-refractivity contribution in [1.29, 1.82) is 0 Å². The molecule has 0 fully saturated rings. The van der Waals surface area contributed by atoms with Gasteiger partial charge in [0.15, 0.2) is 0 Å². The van der Waals surface area contributed by atoms with Gasteiger partial charge in [0.05, 0.1) is 6.61 Å². The van der Waals surface area contributed by atoms with E-state index in [0.29, 0.717) is 5.25 Å². The fraction of sp³-hybridized carbons (Fsp3) is 0.500. The average Bonchev–Trinajstić information content (AvgIpc) is 2.26. The van der Waals surface area contributed by atoms with E-state index >= 15 is 0 Å². The van der Waals surface area contributed by atoms with Crippen LogP contribution in [0, 0.1) is 6.92 Å². The smallest absolute Gasteiger partial charge is 0.0547 e. The number of aliphatic hydroxyl groups is 1. The lowest BCUT2D eigenvalue weighted by Crippen LogP contribution is -2.03. The van der Waals surface area contributed by atoms with Crippen LogP contribution in [0.15, 0.2) is 29.2 Å². The molecule has 1 N–H and O–H groups in total. The minimum absolute atomic E-state index is 0.278. The molecule has 3 heteroatoms. The van der Waals surface area contributed by atoms with Crippen LogP contribution in [-0.2, 0) is 0 Å². The Hall–Kier alpha value is -0.120. The number of hydrogen-bond acceptors (Lipinski definition) is 3. The quantitative estimate of drug-likeness (QED) is 0.611. The summed E-state index contributed by atoms with van der Waals surface area (Å²) in [7, 11) is 0. The fourth-order valence-electron chi connectivity index (χ4n) is 1.10. The highest BCUT2D eigenvalue weighted by Gasteiger charge is 2.00. The molecule has 1 aromatic rings. The second kappa shape index (κ2) is 7.20. The first-order valence-corrected chi connectivity index (χ1v) is 7.17. The molecule has 0 amide bonds. The van der Waals surface area contributed by atoms with E-state index in [2.05, 4.69) is 38.1 Å². The first kappa shape index (κ1) is 12.9. The lowest BCUT2D eigenvalue weighted by atomic mass is 10.2. The van der Waals surface area contributed by atoms with Gasteiger partial charge in [-0.15, -0.1) is 11.8 Å². The largest absolute Gasteiger partial charge is 0.395 e. The van der Waals surface area contributed by atoms with Crippen LogP contribution in [0.25, 0.3) is 0 Å². The predicted octanol–water partition coefficient (Wildman–Crippen LogP) is 3.20. The van der Waals surface area contributed by atoms with E-state index in [1.807, 2.05) is 23.5 Å². The number of thioether (sulfide) groups is 2. The van der Waals surface area contributed by atoms with Gasteiger partial charge < -0.3 is 5.11 Å². The summed E-state index contributed by atoms with van der Waals surface area (Å²) < 4.78 is 0. The van der Waals surface area contributed by atoms with Crippen molar-refractivity contribution in [3.8, 4) is 0 Å². The van der Waals surface area contributed by atoms with Crippen molar-refractivity contribution in [3.05, 3.63) is 29.8 Å². The van der Waals surface area contributed by atoms with Gasteiger partial charge in [0, 0.05) is 21.7 Å². The molecular formula is C12H18OS2. The van der Waals surface area contributed by atoms with Crippen LogP contribution in [0.2, 0.25) is 0 Å². The maximum atomic E-state index is 8.85. The monoisotopic (exact) mass is 242 g/mol. The molecular weight excluding hydrogens is 224 g/mol. The number of benzene rings is 1. The number of aliphatic hydroxyl groups excluding tert-OH is 1. The van der Waals surface area contributed by atoms with E-state index < -0.39 is 0 Å². The zero-order valence-electron chi connectivity index (χ0n) is 9.27. The molecule has 0 heterocycles. The summed E-state index contributed by atoms with van der Waals surface area (Å²) >= 11 is 3.71. The van der Waals surface area contributed by atoms with Crippen molar-refractivity contribution in [2.75, 3.05) is 18.1 Å². The van der Waals surface area contributed by atoms with Crippen molar-refractivity contribution in [3.63, 3.8) is 0 Å². The fourth-order valence-corrected chi connectivity index (χ4v) is 2.89. The zero-order valence-corrected chi connectivity index (χ0v) is 10.9. The van der Waals surface area contributed by atoms with Crippen molar-refractivity contribution in [1.82, 2.24) is 0 Å². The minimum Gasteiger partial charge on any atom is -0.395 e. The Balaban J connectivity index is 2.17.